The molecule has 0 spiro atoms. The van der Waals surface area contributed by atoms with Crippen LogP contribution in [0.5, 0.6) is 5.75 Å². The minimum atomic E-state index is -0.989. The van der Waals surface area contributed by atoms with Crippen LogP contribution in [0.25, 0.3) is 33.3 Å². The van der Waals surface area contributed by atoms with Gasteiger partial charge in [0.05, 0.1) is 35.5 Å². The zero-order valence-electron chi connectivity index (χ0n) is 31.9. The Morgan fingerprint density at radius 1 is 0.895 bits per heavy atom. The zero-order chi connectivity index (χ0) is 40.3. The number of alkyl halides is 1. The van der Waals surface area contributed by atoms with E-state index in [1.165, 1.54) is 19.4 Å². The van der Waals surface area contributed by atoms with E-state index in [0.29, 0.717) is 51.3 Å². The molecule has 1 saturated carbocycles. The number of nitrogens with zero attached hydrogens (tertiary/aromatic N) is 8. The molecule has 19 heteroatoms. The lowest BCUT2D eigenvalue weighted by Gasteiger charge is -2.39. The van der Waals surface area contributed by atoms with Gasteiger partial charge in [0.2, 0.25) is 10.9 Å². The summed E-state index contributed by atoms with van der Waals surface area (Å²) in [6.07, 6.45) is 4.24. The van der Waals surface area contributed by atoms with Gasteiger partial charge in [0, 0.05) is 70.3 Å². The topological polar surface area (TPSA) is 146 Å². The first kappa shape index (κ1) is 38.2. The molecule has 2 aromatic carbocycles. The Balaban J connectivity index is 1.08. The highest BCUT2D eigenvalue weighted by Crippen LogP contribution is 2.44. The number of amides is 2. The lowest BCUT2D eigenvalue weighted by atomic mass is 10.1. The van der Waals surface area contributed by atoms with Crippen LogP contribution in [-0.4, -0.2) is 115 Å². The Hall–Kier alpha value is -5.69. The first-order valence-corrected chi connectivity index (χ1v) is 18.8. The number of aryl methyl sites for hydroxylation is 1. The summed E-state index contributed by atoms with van der Waals surface area (Å²) in [7, 11) is 5.35. The third kappa shape index (κ3) is 6.91. The second-order valence-electron chi connectivity index (χ2n) is 14.9. The average molecular weight is 795 g/mol. The van der Waals surface area contributed by atoms with E-state index in [0.717, 1.165) is 29.7 Å². The van der Waals surface area contributed by atoms with E-state index in [4.69, 9.17) is 9.15 Å². The molecule has 0 radical (unpaired) electrons. The van der Waals surface area contributed by atoms with Crippen LogP contribution in [0.1, 0.15) is 25.8 Å². The van der Waals surface area contributed by atoms with Gasteiger partial charge in [-0.05, 0) is 46.0 Å². The van der Waals surface area contributed by atoms with E-state index in [1.807, 2.05) is 28.5 Å². The molecule has 3 aromatic heterocycles. The predicted molar refractivity (Wildman–Crippen MR) is 207 cm³/mol. The van der Waals surface area contributed by atoms with Gasteiger partial charge in [0.25, 0.3) is 5.89 Å². The molecule has 2 aliphatic heterocycles. The van der Waals surface area contributed by atoms with Crippen molar-refractivity contribution in [1.29, 1.82) is 0 Å². The molecular formula is C38H42F4N10O5. The zero-order valence-corrected chi connectivity index (χ0v) is 31.9. The molecule has 2 saturated heterocycles. The third-order valence-corrected chi connectivity index (χ3v) is 11.1. The number of ether oxygens (including phenoxy) is 1. The van der Waals surface area contributed by atoms with Gasteiger partial charge in [-0.15, -0.1) is 5.10 Å². The number of fused-ring (bicyclic) bond motifs is 2. The summed E-state index contributed by atoms with van der Waals surface area (Å²) >= 11 is 0. The number of piperazine rings is 2. The predicted octanol–water partition coefficient (Wildman–Crippen LogP) is 4.63. The van der Waals surface area contributed by atoms with E-state index < -0.39 is 52.9 Å². The summed E-state index contributed by atoms with van der Waals surface area (Å²) in [5, 5.41) is 12.1. The Bertz CT molecular complexity index is 2510. The van der Waals surface area contributed by atoms with Crippen LogP contribution in [0.2, 0.25) is 0 Å². The smallest absolute Gasteiger partial charge is 0.327 e. The standard InChI is InChI=1S/C38H42F4N10O5/c1-20-17-51(14-11-48(20)3)32-26(41)16-23-30(35(32)56-4)52(21-5-6-21)19-27(34(23)54)43-37(55)44-38-46-45-36(57-38)24-18-50(8-7-39)29-22(33(24)53)15-25(40)31(28(29)42)49-12-9-47(2)10-13-49/h15-16,18-21H,5-14,17H2,1-4H3,(H2,43,44,46,55). The normalized spacial score (nSPS) is 18.1. The summed E-state index contributed by atoms with van der Waals surface area (Å²) in [6.45, 7) is 4.46. The number of likely N-dealkylation sites (N-methyl/N-ethyl adjacent to an activating group) is 2. The van der Waals surface area contributed by atoms with Gasteiger partial charge < -0.3 is 43.2 Å². The molecule has 302 valence electrons. The number of methoxy groups -OCH3 is 1. The van der Waals surface area contributed by atoms with Crippen LogP contribution in [0, 0.1) is 17.5 Å². The van der Waals surface area contributed by atoms with Gasteiger partial charge >= 0.3 is 12.0 Å². The van der Waals surface area contributed by atoms with Gasteiger partial charge in [-0.25, -0.2) is 22.4 Å². The lowest BCUT2D eigenvalue weighted by Crippen LogP contribution is -2.50. The minimum Gasteiger partial charge on any atom is -0.492 e. The summed E-state index contributed by atoms with van der Waals surface area (Å²) in [4.78, 5) is 48.4. The van der Waals surface area contributed by atoms with Gasteiger partial charge in [0.1, 0.15) is 35.1 Å². The molecule has 5 heterocycles. The number of halogens is 4. The van der Waals surface area contributed by atoms with Crippen LogP contribution in [0.4, 0.5) is 45.4 Å². The number of pyridine rings is 2. The fraction of sp³-hybridized carbons (Fsp3) is 0.447. The van der Waals surface area contributed by atoms with Crippen LogP contribution in [-0.2, 0) is 6.54 Å². The maximum Gasteiger partial charge on any atom is 0.327 e. The van der Waals surface area contributed by atoms with Crippen molar-refractivity contribution in [2.45, 2.75) is 38.4 Å². The molecule has 1 atom stereocenters. The minimum absolute atomic E-state index is 0.0162. The second-order valence-corrected chi connectivity index (χ2v) is 14.9. The summed E-state index contributed by atoms with van der Waals surface area (Å²) in [6, 6.07) is 0.791. The molecule has 3 aliphatic rings. The first-order chi connectivity index (χ1) is 27.4. The molecule has 8 rings (SSSR count). The number of anilines is 4. The Kier molecular flexibility index (Phi) is 10.1. The van der Waals surface area contributed by atoms with Gasteiger partial charge in [0.15, 0.2) is 17.4 Å². The molecule has 0 bridgehead atoms. The average Bonchev–Trinajstić information content (AvgIpc) is 3.93. The molecule has 5 aromatic rings. The lowest BCUT2D eigenvalue weighted by molar-refractivity contribution is 0.232. The molecule has 1 aliphatic carbocycles. The number of benzene rings is 2. The van der Waals surface area contributed by atoms with Crippen molar-refractivity contribution in [2.75, 3.05) is 94.1 Å². The fourth-order valence-corrected chi connectivity index (χ4v) is 7.76. The molecule has 1 unspecified atom stereocenters. The third-order valence-electron chi connectivity index (χ3n) is 11.1. The van der Waals surface area contributed by atoms with Crippen molar-refractivity contribution in [2.24, 2.45) is 0 Å². The highest BCUT2D eigenvalue weighted by atomic mass is 19.1. The van der Waals surface area contributed by atoms with Gasteiger partial charge in [-0.2, -0.15) is 0 Å². The number of hydrogen-bond acceptors (Lipinski definition) is 11. The highest BCUT2D eigenvalue weighted by molar-refractivity contribution is 6.01. The molecule has 2 N–H and O–H groups in total. The Labute approximate surface area is 323 Å². The van der Waals surface area contributed by atoms with E-state index in [1.54, 1.807) is 4.90 Å². The number of carbonyl (C=O) groups excluding carboxylic acids is 1. The number of hydrogen-bond donors (Lipinski definition) is 2. The van der Waals surface area contributed by atoms with E-state index in [-0.39, 0.29) is 63.3 Å². The van der Waals surface area contributed by atoms with Crippen molar-refractivity contribution in [3.8, 4) is 17.2 Å². The Morgan fingerprint density at radius 2 is 1.58 bits per heavy atom. The fourth-order valence-electron chi connectivity index (χ4n) is 7.76. The van der Waals surface area contributed by atoms with Crippen molar-refractivity contribution in [3.05, 3.63) is 62.4 Å². The number of rotatable bonds is 9. The van der Waals surface area contributed by atoms with Gasteiger partial charge in [-0.1, -0.05) is 5.10 Å². The SMILES string of the molecule is COc1c(N2CCN(C)C(C)C2)c(F)cc2c(=O)c(NC(=O)Nc3nnc(-c4cn(CCF)c5c(F)c(N6CCN(C)CC6)c(F)cc5c4=O)o3)cn(C3CC3)c12. The van der Waals surface area contributed by atoms with Crippen molar-refractivity contribution in [1.82, 2.24) is 29.1 Å². The molecular weight excluding hydrogens is 752 g/mol. The van der Waals surface area contributed by atoms with Crippen LogP contribution in [0.3, 0.4) is 0 Å². The van der Waals surface area contributed by atoms with Crippen LogP contribution < -0.4 is 36.0 Å². The first-order valence-electron chi connectivity index (χ1n) is 18.8. The van der Waals surface area contributed by atoms with Crippen molar-refractivity contribution < 1.29 is 31.5 Å². The Morgan fingerprint density at radius 3 is 2.25 bits per heavy atom. The summed E-state index contributed by atoms with van der Waals surface area (Å²) in [5.41, 5.74) is -1.82. The number of urea groups is 1. The van der Waals surface area contributed by atoms with Crippen molar-refractivity contribution >= 4 is 50.9 Å². The number of aromatic nitrogens is 4. The van der Waals surface area contributed by atoms with Crippen molar-refractivity contribution in [3.63, 3.8) is 0 Å². The summed E-state index contributed by atoms with van der Waals surface area (Å²) < 4.78 is 75.7. The maximum atomic E-state index is 16.1. The van der Waals surface area contributed by atoms with Crippen LogP contribution >= 0.6 is 0 Å². The number of nitrogens with one attached hydrogen (secondary N) is 2. The van der Waals surface area contributed by atoms with Crippen LogP contribution in [0.15, 0.2) is 38.5 Å². The molecule has 57 heavy (non-hydrogen) atoms. The quantitative estimate of drug-likeness (QED) is 0.202. The largest absolute Gasteiger partial charge is 0.492 e. The second kappa shape index (κ2) is 15.0. The van der Waals surface area contributed by atoms with E-state index in [9.17, 15) is 18.8 Å². The molecule has 2 amide bonds. The van der Waals surface area contributed by atoms with E-state index in [2.05, 4.69) is 32.7 Å². The summed E-state index contributed by atoms with van der Waals surface area (Å²) in [5.74, 6) is -2.74. The molecule has 15 nitrogen and oxygen atoms in total. The highest BCUT2D eigenvalue weighted by Gasteiger charge is 2.33. The molecule has 3 fully saturated rings. The van der Waals surface area contributed by atoms with Gasteiger partial charge in [-0.3, -0.25) is 14.9 Å². The maximum absolute atomic E-state index is 16.1. The monoisotopic (exact) mass is 794 g/mol. The van der Waals surface area contributed by atoms with E-state index >= 15 is 13.2 Å². The number of carbonyl (C=O) groups is 1.